The van der Waals surface area contributed by atoms with E-state index in [0.29, 0.717) is 34.6 Å². The molecule has 4 aromatic rings. The van der Waals surface area contributed by atoms with Gasteiger partial charge in [-0.15, -0.1) is 0 Å². The van der Waals surface area contributed by atoms with Crippen LogP contribution in [-0.4, -0.2) is 42.5 Å². The molecule has 2 saturated carbocycles. The number of carbonyl (C=O) groups is 1. The van der Waals surface area contributed by atoms with E-state index in [1.807, 2.05) is 39.1 Å². The normalized spacial score (nSPS) is 20.2. The molecule has 3 aromatic heterocycles. The monoisotopic (exact) mass is 589 g/mol. The zero-order chi connectivity index (χ0) is 30.2. The Kier molecular flexibility index (Phi) is 6.30. The molecule has 4 heterocycles. The molecule has 0 bridgehead atoms. The first kappa shape index (κ1) is 27.5. The van der Waals surface area contributed by atoms with Gasteiger partial charge in [-0.2, -0.15) is 13.2 Å². The van der Waals surface area contributed by atoms with Crippen LogP contribution in [0.1, 0.15) is 86.5 Å². The SMILES string of the molecule is COc1ncnc(C2CC2)c1-c1ncc2c(n1)N([C@@H](C)c1ccc(-c3nc(C(F)(F)F)cn3C(C)C)cc1)C(=O)[C@@H]1C[C@H]21. The molecule has 0 unspecified atom stereocenters. The van der Waals surface area contributed by atoms with Crippen LogP contribution in [0.4, 0.5) is 19.0 Å². The molecule has 9 nitrogen and oxygen atoms in total. The molecule has 2 aliphatic carbocycles. The number of anilines is 1. The third-order valence-corrected chi connectivity index (χ3v) is 8.61. The van der Waals surface area contributed by atoms with Gasteiger partial charge < -0.3 is 9.30 Å². The number of fused-ring (bicyclic) bond motifs is 3. The van der Waals surface area contributed by atoms with Gasteiger partial charge in [0.15, 0.2) is 11.5 Å². The van der Waals surface area contributed by atoms with Gasteiger partial charge in [0.2, 0.25) is 11.8 Å². The Balaban J connectivity index is 1.26. The lowest BCUT2D eigenvalue weighted by Gasteiger charge is -2.33. The fraction of sp³-hybridized carbons (Fsp3) is 0.419. The Morgan fingerprint density at radius 2 is 1.74 bits per heavy atom. The Morgan fingerprint density at radius 3 is 2.40 bits per heavy atom. The van der Waals surface area contributed by atoms with Gasteiger partial charge in [0.1, 0.15) is 23.5 Å². The van der Waals surface area contributed by atoms with E-state index in [2.05, 4.69) is 15.0 Å². The first-order valence-corrected chi connectivity index (χ1v) is 14.4. The van der Waals surface area contributed by atoms with Crippen LogP contribution >= 0.6 is 0 Å². The number of benzene rings is 1. The molecular weight excluding hydrogens is 559 g/mol. The molecule has 222 valence electrons. The summed E-state index contributed by atoms with van der Waals surface area (Å²) in [5, 5.41) is 0. The Morgan fingerprint density at radius 1 is 1.00 bits per heavy atom. The number of aromatic nitrogens is 6. The molecule has 0 saturated heterocycles. The quantitative estimate of drug-likeness (QED) is 0.243. The van der Waals surface area contributed by atoms with Gasteiger partial charge in [-0.1, -0.05) is 24.3 Å². The average molecular weight is 590 g/mol. The number of hydrogen-bond acceptors (Lipinski definition) is 7. The molecule has 1 amide bonds. The molecule has 7 rings (SSSR count). The van der Waals surface area contributed by atoms with Gasteiger partial charge in [0.05, 0.1) is 18.8 Å². The van der Waals surface area contributed by atoms with Gasteiger partial charge in [0.25, 0.3) is 0 Å². The summed E-state index contributed by atoms with van der Waals surface area (Å²) in [6.07, 6.45) is 2.60. The molecule has 3 atom stereocenters. The van der Waals surface area contributed by atoms with Crippen LogP contribution in [0, 0.1) is 5.92 Å². The molecule has 0 spiro atoms. The summed E-state index contributed by atoms with van der Waals surface area (Å²) in [5.74, 6) is 1.89. The van der Waals surface area contributed by atoms with Crippen LogP contribution in [-0.2, 0) is 11.0 Å². The van der Waals surface area contributed by atoms with Gasteiger partial charge in [-0.3, -0.25) is 9.69 Å². The smallest absolute Gasteiger partial charge is 0.434 e. The van der Waals surface area contributed by atoms with Crippen LogP contribution in [0.25, 0.3) is 22.8 Å². The predicted molar refractivity (Wildman–Crippen MR) is 151 cm³/mol. The molecule has 3 aliphatic rings. The van der Waals surface area contributed by atoms with Crippen LogP contribution < -0.4 is 9.64 Å². The van der Waals surface area contributed by atoms with Crippen LogP contribution in [0.2, 0.25) is 0 Å². The minimum atomic E-state index is -4.54. The van der Waals surface area contributed by atoms with Crippen molar-refractivity contribution in [3.05, 3.63) is 65.5 Å². The number of amides is 1. The van der Waals surface area contributed by atoms with E-state index in [4.69, 9.17) is 14.7 Å². The highest BCUT2D eigenvalue weighted by atomic mass is 19.4. The highest BCUT2D eigenvalue weighted by molar-refractivity contribution is 6.01. The van der Waals surface area contributed by atoms with Crippen molar-refractivity contribution in [2.45, 2.75) is 70.1 Å². The number of alkyl halides is 3. The van der Waals surface area contributed by atoms with Crippen molar-refractivity contribution < 1.29 is 22.7 Å². The topological polar surface area (TPSA) is 98.9 Å². The second kappa shape index (κ2) is 9.85. The number of imidazole rings is 1. The molecule has 0 radical (unpaired) electrons. The van der Waals surface area contributed by atoms with Crippen molar-refractivity contribution >= 4 is 11.7 Å². The molecule has 1 aliphatic heterocycles. The molecule has 2 fully saturated rings. The van der Waals surface area contributed by atoms with Crippen molar-refractivity contribution in [3.63, 3.8) is 0 Å². The maximum atomic E-state index is 13.7. The number of methoxy groups -OCH3 is 1. The number of rotatable bonds is 7. The average Bonchev–Trinajstić information content (AvgIpc) is 3.93. The van der Waals surface area contributed by atoms with E-state index in [-0.39, 0.29) is 29.6 Å². The van der Waals surface area contributed by atoms with Crippen molar-refractivity contribution in [1.29, 1.82) is 0 Å². The number of halogens is 3. The zero-order valence-electron chi connectivity index (χ0n) is 24.1. The molecule has 12 heteroatoms. The lowest BCUT2D eigenvalue weighted by Crippen LogP contribution is -2.39. The van der Waals surface area contributed by atoms with Crippen molar-refractivity contribution in [2.24, 2.45) is 5.92 Å². The number of ether oxygens (including phenoxy) is 1. The summed E-state index contributed by atoms with van der Waals surface area (Å²) in [4.78, 5) is 37.8. The van der Waals surface area contributed by atoms with E-state index in [1.165, 1.54) is 10.9 Å². The maximum Gasteiger partial charge on any atom is 0.434 e. The van der Waals surface area contributed by atoms with E-state index in [9.17, 15) is 18.0 Å². The summed E-state index contributed by atoms with van der Waals surface area (Å²) in [6, 6.07) is 6.56. The summed E-state index contributed by atoms with van der Waals surface area (Å²) in [5.41, 5.74) is 2.88. The highest BCUT2D eigenvalue weighted by Crippen LogP contribution is 2.56. The van der Waals surface area contributed by atoms with E-state index in [1.54, 1.807) is 24.1 Å². The Labute approximate surface area is 246 Å². The van der Waals surface area contributed by atoms with Gasteiger partial charge in [0, 0.05) is 47.3 Å². The zero-order valence-corrected chi connectivity index (χ0v) is 24.1. The number of nitrogens with zero attached hydrogens (tertiary/aromatic N) is 7. The van der Waals surface area contributed by atoms with Crippen molar-refractivity contribution in [2.75, 3.05) is 12.0 Å². The fourth-order valence-corrected chi connectivity index (χ4v) is 6.04. The molecule has 43 heavy (non-hydrogen) atoms. The maximum absolute atomic E-state index is 13.7. The third kappa shape index (κ3) is 4.63. The minimum Gasteiger partial charge on any atom is -0.480 e. The first-order valence-electron chi connectivity index (χ1n) is 14.4. The second-order valence-corrected chi connectivity index (χ2v) is 11.8. The fourth-order valence-electron chi connectivity index (χ4n) is 6.04. The van der Waals surface area contributed by atoms with Crippen LogP contribution in [0.5, 0.6) is 5.88 Å². The summed E-state index contributed by atoms with van der Waals surface area (Å²) < 4.78 is 47.4. The lowest BCUT2D eigenvalue weighted by molar-refractivity contribution is -0.141. The standard InChI is InChI=1S/C31H30F3N7O2/c1-15(2)40-13-23(31(32,33)34)38-27(40)19-9-5-17(6-10-19)16(3)41-28-22(20-11-21(20)30(41)42)12-35-26(39-28)24-25(18-7-8-18)36-14-37-29(24)43-4/h5-6,9-10,12-16,18,20-21H,7-8,11H2,1-4H3/t16-,20-,21+/m0/s1. The first-order chi connectivity index (χ1) is 20.6. The third-order valence-electron chi connectivity index (χ3n) is 8.61. The second-order valence-electron chi connectivity index (χ2n) is 11.8. The Bertz CT molecular complexity index is 1730. The van der Waals surface area contributed by atoms with E-state index >= 15 is 0 Å². The molecule has 1 aromatic carbocycles. The number of hydrogen-bond donors (Lipinski definition) is 0. The molecule has 0 N–H and O–H groups in total. The van der Waals surface area contributed by atoms with Gasteiger partial charge in [-0.05, 0) is 45.6 Å². The summed E-state index contributed by atoms with van der Waals surface area (Å²) >= 11 is 0. The van der Waals surface area contributed by atoms with Crippen LogP contribution in [0.15, 0.2) is 43.0 Å². The van der Waals surface area contributed by atoms with Crippen molar-refractivity contribution in [1.82, 2.24) is 29.5 Å². The van der Waals surface area contributed by atoms with Crippen LogP contribution in [0.3, 0.4) is 0 Å². The summed E-state index contributed by atoms with van der Waals surface area (Å²) in [6.45, 7) is 5.56. The molecular formula is C31H30F3N7O2. The van der Waals surface area contributed by atoms with E-state index in [0.717, 1.165) is 42.3 Å². The Hall–Kier alpha value is -4.35. The van der Waals surface area contributed by atoms with Gasteiger partial charge in [-0.25, -0.2) is 24.9 Å². The lowest BCUT2D eigenvalue weighted by atomic mass is 9.99. The highest BCUT2D eigenvalue weighted by Gasteiger charge is 2.53. The summed E-state index contributed by atoms with van der Waals surface area (Å²) in [7, 11) is 1.55. The van der Waals surface area contributed by atoms with Gasteiger partial charge >= 0.3 is 6.18 Å². The largest absolute Gasteiger partial charge is 0.480 e. The minimum absolute atomic E-state index is 0.00240. The predicted octanol–water partition coefficient (Wildman–Crippen LogP) is 6.49. The number of carbonyl (C=O) groups excluding carboxylic acids is 1. The van der Waals surface area contributed by atoms with E-state index < -0.39 is 17.9 Å². The van der Waals surface area contributed by atoms with Crippen molar-refractivity contribution in [3.8, 4) is 28.7 Å².